The quantitative estimate of drug-likeness (QED) is 0.743. The molecule has 2 aromatic heterocycles. The summed E-state index contributed by atoms with van der Waals surface area (Å²) in [6.07, 6.45) is 5.25. The van der Waals surface area contributed by atoms with Crippen LogP contribution in [0.2, 0.25) is 0 Å². The summed E-state index contributed by atoms with van der Waals surface area (Å²) in [4.78, 5) is 13.0. The molecule has 3 rings (SSSR count). The standard InChI is InChI=1S/C14H12N4/c1-15-14-9-16-8-13(18-14)11-5-4-10-3-2-6-17-12(10)7-11/h2-9H,1H3,(H,15,18). The van der Waals surface area contributed by atoms with Gasteiger partial charge < -0.3 is 5.32 Å². The highest BCUT2D eigenvalue weighted by molar-refractivity contribution is 5.83. The van der Waals surface area contributed by atoms with Crippen LogP contribution in [0.5, 0.6) is 0 Å². The molecule has 0 aliphatic heterocycles. The Morgan fingerprint density at radius 1 is 1.11 bits per heavy atom. The zero-order chi connectivity index (χ0) is 12.4. The van der Waals surface area contributed by atoms with Gasteiger partial charge >= 0.3 is 0 Å². The Bertz CT molecular complexity index is 694. The van der Waals surface area contributed by atoms with Crippen molar-refractivity contribution in [2.45, 2.75) is 0 Å². The van der Waals surface area contributed by atoms with E-state index in [-0.39, 0.29) is 0 Å². The molecule has 0 aliphatic carbocycles. The fraction of sp³-hybridized carbons (Fsp3) is 0.0714. The van der Waals surface area contributed by atoms with Gasteiger partial charge in [0, 0.05) is 24.2 Å². The lowest BCUT2D eigenvalue weighted by Crippen LogP contribution is -1.95. The predicted molar refractivity (Wildman–Crippen MR) is 72.3 cm³/mol. The Labute approximate surface area is 105 Å². The van der Waals surface area contributed by atoms with E-state index >= 15 is 0 Å². The second-order valence-corrected chi connectivity index (χ2v) is 3.95. The normalized spacial score (nSPS) is 10.5. The SMILES string of the molecule is CNc1cncc(-c2ccc3cccnc3c2)n1. The summed E-state index contributed by atoms with van der Waals surface area (Å²) in [5, 5.41) is 4.11. The molecule has 18 heavy (non-hydrogen) atoms. The van der Waals surface area contributed by atoms with Gasteiger partial charge in [0.15, 0.2) is 0 Å². The van der Waals surface area contributed by atoms with Gasteiger partial charge in [-0.2, -0.15) is 0 Å². The van der Waals surface area contributed by atoms with Crippen molar-refractivity contribution in [1.29, 1.82) is 0 Å². The molecule has 0 amide bonds. The topological polar surface area (TPSA) is 50.7 Å². The maximum Gasteiger partial charge on any atom is 0.144 e. The second-order valence-electron chi connectivity index (χ2n) is 3.95. The first-order valence-electron chi connectivity index (χ1n) is 5.72. The average Bonchev–Trinajstić information content (AvgIpc) is 2.47. The van der Waals surface area contributed by atoms with Crippen LogP contribution in [0, 0.1) is 0 Å². The van der Waals surface area contributed by atoms with Gasteiger partial charge in [0.2, 0.25) is 0 Å². The summed E-state index contributed by atoms with van der Waals surface area (Å²) in [5.41, 5.74) is 2.83. The Balaban J connectivity index is 2.13. The zero-order valence-electron chi connectivity index (χ0n) is 9.96. The number of nitrogens with zero attached hydrogens (tertiary/aromatic N) is 3. The molecule has 0 aliphatic rings. The molecule has 2 heterocycles. The number of anilines is 1. The highest BCUT2D eigenvalue weighted by Gasteiger charge is 2.03. The summed E-state index contributed by atoms with van der Waals surface area (Å²) in [7, 11) is 1.83. The number of rotatable bonds is 2. The van der Waals surface area contributed by atoms with E-state index < -0.39 is 0 Å². The first-order chi connectivity index (χ1) is 8.86. The third-order valence-electron chi connectivity index (χ3n) is 2.79. The molecule has 0 atom stereocenters. The maximum atomic E-state index is 4.47. The van der Waals surface area contributed by atoms with Gasteiger partial charge in [-0.3, -0.25) is 9.97 Å². The van der Waals surface area contributed by atoms with Gasteiger partial charge in [-0.05, 0) is 12.1 Å². The second kappa shape index (κ2) is 4.41. The monoisotopic (exact) mass is 236 g/mol. The third-order valence-corrected chi connectivity index (χ3v) is 2.79. The summed E-state index contributed by atoms with van der Waals surface area (Å²) in [6.45, 7) is 0. The molecule has 4 nitrogen and oxygen atoms in total. The smallest absolute Gasteiger partial charge is 0.144 e. The summed E-state index contributed by atoms with van der Waals surface area (Å²) in [6, 6.07) is 10.1. The van der Waals surface area contributed by atoms with Crippen LogP contribution in [0.25, 0.3) is 22.2 Å². The Morgan fingerprint density at radius 2 is 2.06 bits per heavy atom. The fourth-order valence-corrected chi connectivity index (χ4v) is 1.85. The van der Waals surface area contributed by atoms with Crippen LogP contribution < -0.4 is 5.32 Å². The first kappa shape index (κ1) is 10.7. The van der Waals surface area contributed by atoms with Crippen molar-refractivity contribution >= 4 is 16.7 Å². The van der Waals surface area contributed by atoms with Gasteiger partial charge in [-0.15, -0.1) is 0 Å². The van der Waals surface area contributed by atoms with Crippen molar-refractivity contribution < 1.29 is 0 Å². The minimum absolute atomic E-state index is 0.758. The number of pyridine rings is 1. The van der Waals surface area contributed by atoms with Crippen LogP contribution in [0.1, 0.15) is 0 Å². The molecule has 0 radical (unpaired) electrons. The average molecular weight is 236 g/mol. The number of aromatic nitrogens is 3. The first-order valence-corrected chi connectivity index (χ1v) is 5.72. The molecular weight excluding hydrogens is 224 g/mol. The zero-order valence-corrected chi connectivity index (χ0v) is 9.96. The molecule has 88 valence electrons. The van der Waals surface area contributed by atoms with E-state index in [2.05, 4.69) is 20.3 Å². The molecule has 1 aromatic carbocycles. The van der Waals surface area contributed by atoms with Crippen LogP contribution >= 0.6 is 0 Å². The minimum atomic E-state index is 0.758. The minimum Gasteiger partial charge on any atom is -0.372 e. The number of hydrogen-bond donors (Lipinski definition) is 1. The van der Waals surface area contributed by atoms with E-state index in [0.29, 0.717) is 0 Å². The van der Waals surface area contributed by atoms with Crippen LogP contribution in [0.3, 0.4) is 0 Å². The molecule has 0 bridgehead atoms. The number of fused-ring (bicyclic) bond motifs is 1. The summed E-state index contributed by atoms with van der Waals surface area (Å²) < 4.78 is 0. The Hall–Kier alpha value is -2.49. The molecule has 0 unspecified atom stereocenters. The van der Waals surface area contributed by atoms with Crippen LogP contribution in [-0.4, -0.2) is 22.0 Å². The van der Waals surface area contributed by atoms with Gasteiger partial charge in [0.1, 0.15) is 5.82 Å². The third kappa shape index (κ3) is 1.88. The largest absolute Gasteiger partial charge is 0.372 e. The van der Waals surface area contributed by atoms with Crippen molar-refractivity contribution in [3.63, 3.8) is 0 Å². The van der Waals surface area contributed by atoms with E-state index in [1.54, 1.807) is 18.6 Å². The van der Waals surface area contributed by atoms with Crippen molar-refractivity contribution in [3.8, 4) is 11.3 Å². The molecule has 0 saturated heterocycles. The van der Waals surface area contributed by atoms with Crippen LogP contribution in [-0.2, 0) is 0 Å². The van der Waals surface area contributed by atoms with E-state index in [9.17, 15) is 0 Å². The molecular formula is C14H12N4. The lowest BCUT2D eigenvalue weighted by Gasteiger charge is -2.04. The van der Waals surface area contributed by atoms with E-state index in [0.717, 1.165) is 28.0 Å². The Kier molecular flexibility index (Phi) is 2.61. The highest BCUT2D eigenvalue weighted by atomic mass is 15.0. The molecule has 1 N–H and O–H groups in total. The van der Waals surface area contributed by atoms with E-state index in [1.807, 2.05) is 37.4 Å². The van der Waals surface area contributed by atoms with Crippen molar-refractivity contribution in [3.05, 3.63) is 48.9 Å². The van der Waals surface area contributed by atoms with Gasteiger partial charge in [-0.1, -0.05) is 18.2 Å². The van der Waals surface area contributed by atoms with Gasteiger partial charge in [0.05, 0.1) is 23.6 Å². The number of benzene rings is 1. The molecule has 0 fully saturated rings. The molecule has 0 saturated carbocycles. The van der Waals surface area contributed by atoms with Crippen LogP contribution in [0.15, 0.2) is 48.9 Å². The fourth-order valence-electron chi connectivity index (χ4n) is 1.85. The number of nitrogens with one attached hydrogen (secondary N) is 1. The van der Waals surface area contributed by atoms with Crippen molar-refractivity contribution in [1.82, 2.24) is 15.0 Å². The maximum absolute atomic E-state index is 4.47. The highest BCUT2D eigenvalue weighted by Crippen LogP contribution is 2.21. The van der Waals surface area contributed by atoms with Gasteiger partial charge in [0.25, 0.3) is 0 Å². The predicted octanol–water partition coefficient (Wildman–Crippen LogP) is 2.73. The van der Waals surface area contributed by atoms with Gasteiger partial charge in [-0.25, -0.2) is 4.98 Å². The van der Waals surface area contributed by atoms with Crippen molar-refractivity contribution in [2.24, 2.45) is 0 Å². The summed E-state index contributed by atoms with van der Waals surface area (Å²) in [5.74, 6) is 0.758. The van der Waals surface area contributed by atoms with Crippen molar-refractivity contribution in [2.75, 3.05) is 12.4 Å². The molecule has 4 heteroatoms. The lowest BCUT2D eigenvalue weighted by atomic mass is 10.1. The molecule has 3 aromatic rings. The van der Waals surface area contributed by atoms with Crippen LogP contribution in [0.4, 0.5) is 5.82 Å². The summed E-state index contributed by atoms with van der Waals surface area (Å²) >= 11 is 0. The van der Waals surface area contributed by atoms with E-state index in [1.165, 1.54) is 0 Å². The van der Waals surface area contributed by atoms with E-state index in [4.69, 9.17) is 0 Å². The number of hydrogen-bond acceptors (Lipinski definition) is 4. The lowest BCUT2D eigenvalue weighted by molar-refractivity contribution is 1.19. The Morgan fingerprint density at radius 3 is 2.94 bits per heavy atom. The molecule has 0 spiro atoms.